The number of piperazine rings is 1. The van der Waals surface area contributed by atoms with Crippen molar-refractivity contribution in [1.29, 1.82) is 5.26 Å². The van der Waals surface area contributed by atoms with Gasteiger partial charge in [-0.25, -0.2) is 4.79 Å². The number of anilines is 1. The molecule has 8 heteroatoms. The normalized spacial score (nSPS) is 16.6. The van der Waals surface area contributed by atoms with Crippen LogP contribution in [0.2, 0.25) is 0 Å². The average molecular weight is 464 g/mol. The van der Waals surface area contributed by atoms with Crippen molar-refractivity contribution in [2.75, 3.05) is 25.0 Å². The van der Waals surface area contributed by atoms with Crippen LogP contribution in [0.15, 0.2) is 30.5 Å². The Morgan fingerprint density at radius 2 is 1.97 bits per heavy atom. The molecule has 1 fully saturated rings. The molecule has 1 aromatic carbocycles. The average Bonchev–Trinajstić information content (AvgIpc) is 2.75. The van der Waals surface area contributed by atoms with Gasteiger partial charge in [-0.1, -0.05) is 0 Å². The van der Waals surface area contributed by atoms with Crippen molar-refractivity contribution in [2.24, 2.45) is 0 Å². The Balaban J connectivity index is 1.73. The number of aromatic nitrogens is 1. The number of ether oxygens (including phenoxy) is 1. The van der Waals surface area contributed by atoms with E-state index in [4.69, 9.17) is 4.74 Å². The van der Waals surface area contributed by atoms with Gasteiger partial charge in [0.15, 0.2) is 0 Å². The highest BCUT2D eigenvalue weighted by Crippen LogP contribution is 2.25. The zero-order chi connectivity index (χ0) is 25.0. The molecular weight excluding hydrogens is 430 g/mol. The molecule has 1 atom stereocenters. The number of aryl methyl sites for hydroxylation is 1. The monoisotopic (exact) mass is 463 g/mol. The number of hydrogen-bond acceptors (Lipinski definition) is 6. The Hall–Kier alpha value is -3.44. The summed E-state index contributed by atoms with van der Waals surface area (Å²) < 4.78 is 5.53. The topological polar surface area (TPSA) is 98.6 Å². The summed E-state index contributed by atoms with van der Waals surface area (Å²) in [5.41, 5.74) is 3.74. The zero-order valence-electron chi connectivity index (χ0n) is 20.8. The molecule has 2 heterocycles. The zero-order valence-corrected chi connectivity index (χ0v) is 20.8. The van der Waals surface area contributed by atoms with Crippen LogP contribution < -0.4 is 5.32 Å². The molecule has 2 amide bonds. The van der Waals surface area contributed by atoms with Crippen LogP contribution in [-0.4, -0.2) is 58.1 Å². The fourth-order valence-electron chi connectivity index (χ4n) is 3.94. The van der Waals surface area contributed by atoms with E-state index in [-0.39, 0.29) is 18.0 Å². The lowest BCUT2D eigenvalue weighted by Gasteiger charge is -2.40. The van der Waals surface area contributed by atoms with E-state index < -0.39 is 5.60 Å². The number of benzene rings is 1. The first-order valence-corrected chi connectivity index (χ1v) is 11.5. The molecule has 1 unspecified atom stereocenters. The van der Waals surface area contributed by atoms with Gasteiger partial charge in [0, 0.05) is 49.8 Å². The molecule has 1 aliphatic heterocycles. The number of nitriles is 1. The van der Waals surface area contributed by atoms with Gasteiger partial charge in [0.25, 0.3) is 5.91 Å². The fourth-order valence-corrected chi connectivity index (χ4v) is 3.94. The molecule has 0 bridgehead atoms. The maximum Gasteiger partial charge on any atom is 0.410 e. The van der Waals surface area contributed by atoms with E-state index in [1.807, 2.05) is 47.6 Å². The second-order valence-corrected chi connectivity index (χ2v) is 9.82. The van der Waals surface area contributed by atoms with Crippen LogP contribution in [0, 0.1) is 25.2 Å². The van der Waals surface area contributed by atoms with Gasteiger partial charge in [0.1, 0.15) is 5.60 Å². The molecule has 1 N–H and O–H groups in total. The minimum Gasteiger partial charge on any atom is -0.444 e. The molecular formula is C26H33N5O3. The van der Waals surface area contributed by atoms with Gasteiger partial charge in [-0.2, -0.15) is 5.26 Å². The minimum atomic E-state index is -0.530. The molecule has 1 saturated heterocycles. The Labute approximate surface area is 201 Å². The van der Waals surface area contributed by atoms with Crippen molar-refractivity contribution >= 4 is 17.7 Å². The quantitative estimate of drug-likeness (QED) is 0.727. The molecule has 0 aliphatic carbocycles. The third-order valence-electron chi connectivity index (χ3n) is 5.80. The van der Waals surface area contributed by atoms with Gasteiger partial charge >= 0.3 is 6.09 Å². The van der Waals surface area contributed by atoms with Crippen molar-refractivity contribution in [2.45, 2.75) is 59.7 Å². The van der Waals surface area contributed by atoms with Gasteiger partial charge in [-0.15, -0.1) is 0 Å². The lowest BCUT2D eigenvalue weighted by Crippen LogP contribution is -2.54. The number of nitrogens with zero attached hydrogens (tertiary/aromatic N) is 4. The SMILES string of the molecule is Cc1ccc(C(=O)Nc2cc(C#N)cc(CN3CCN(C(=O)OC(C)(C)C)C(C)C3)c2C)cn1. The van der Waals surface area contributed by atoms with Crippen LogP contribution in [0.3, 0.4) is 0 Å². The molecule has 3 rings (SSSR count). The maximum atomic E-state index is 12.7. The Morgan fingerprint density at radius 1 is 1.24 bits per heavy atom. The fraction of sp³-hybridized carbons (Fsp3) is 0.462. The molecule has 180 valence electrons. The van der Waals surface area contributed by atoms with Crippen molar-refractivity contribution in [1.82, 2.24) is 14.8 Å². The summed E-state index contributed by atoms with van der Waals surface area (Å²) in [6.45, 7) is 14.0. The second kappa shape index (κ2) is 10.2. The van der Waals surface area contributed by atoms with Crippen LogP contribution in [-0.2, 0) is 11.3 Å². The van der Waals surface area contributed by atoms with Crippen LogP contribution in [0.5, 0.6) is 0 Å². The van der Waals surface area contributed by atoms with E-state index in [1.165, 1.54) is 0 Å². The number of carbonyl (C=O) groups excluding carboxylic acids is 2. The molecule has 2 aromatic rings. The van der Waals surface area contributed by atoms with E-state index in [0.29, 0.717) is 43.0 Å². The summed E-state index contributed by atoms with van der Waals surface area (Å²) in [5, 5.41) is 12.5. The van der Waals surface area contributed by atoms with E-state index in [2.05, 4.69) is 21.3 Å². The summed E-state index contributed by atoms with van der Waals surface area (Å²) >= 11 is 0. The van der Waals surface area contributed by atoms with Gasteiger partial charge in [-0.05, 0) is 76.9 Å². The maximum absolute atomic E-state index is 12.7. The van der Waals surface area contributed by atoms with Crippen molar-refractivity contribution in [3.05, 3.63) is 58.4 Å². The largest absolute Gasteiger partial charge is 0.444 e. The van der Waals surface area contributed by atoms with E-state index in [1.54, 1.807) is 29.3 Å². The lowest BCUT2D eigenvalue weighted by molar-refractivity contribution is 0.000534. The van der Waals surface area contributed by atoms with E-state index in [9.17, 15) is 14.9 Å². The summed E-state index contributed by atoms with van der Waals surface area (Å²) in [7, 11) is 0. The number of carbonyl (C=O) groups is 2. The number of nitrogens with one attached hydrogen (secondary N) is 1. The van der Waals surface area contributed by atoms with Gasteiger partial charge in [-0.3, -0.25) is 14.7 Å². The first-order valence-electron chi connectivity index (χ1n) is 11.5. The van der Waals surface area contributed by atoms with Crippen LogP contribution in [0.1, 0.15) is 60.4 Å². The minimum absolute atomic E-state index is 0.00346. The highest BCUT2D eigenvalue weighted by atomic mass is 16.6. The standard InChI is InChI=1S/C26H33N5O3/c1-17-7-8-21(14-28-17)24(32)29-23-12-20(13-27)11-22(19(23)3)16-30-9-10-31(18(2)15-30)25(33)34-26(4,5)6/h7-8,11-12,14,18H,9-10,15-16H2,1-6H3,(H,29,32). The van der Waals surface area contributed by atoms with E-state index in [0.717, 1.165) is 16.8 Å². The first kappa shape index (κ1) is 25.2. The summed E-state index contributed by atoms with van der Waals surface area (Å²) in [6, 6.07) is 9.27. The molecule has 0 saturated carbocycles. The lowest BCUT2D eigenvalue weighted by atomic mass is 10.0. The first-order chi connectivity index (χ1) is 16.0. The predicted molar refractivity (Wildman–Crippen MR) is 131 cm³/mol. The van der Waals surface area contributed by atoms with Crippen molar-refractivity contribution < 1.29 is 14.3 Å². The molecule has 1 aromatic heterocycles. The Bertz CT molecular complexity index is 1100. The third-order valence-corrected chi connectivity index (χ3v) is 5.80. The number of amides is 2. The highest BCUT2D eigenvalue weighted by Gasteiger charge is 2.31. The van der Waals surface area contributed by atoms with Gasteiger partial charge in [0.05, 0.1) is 17.2 Å². The Morgan fingerprint density at radius 3 is 2.56 bits per heavy atom. The van der Waals surface area contributed by atoms with Crippen molar-refractivity contribution in [3.8, 4) is 6.07 Å². The van der Waals surface area contributed by atoms with Crippen LogP contribution >= 0.6 is 0 Å². The van der Waals surface area contributed by atoms with E-state index >= 15 is 0 Å². The Kier molecular flexibility index (Phi) is 7.57. The molecule has 34 heavy (non-hydrogen) atoms. The molecule has 0 spiro atoms. The van der Waals surface area contributed by atoms with Crippen molar-refractivity contribution in [3.63, 3.8) is 0 Å². The molecule has 0 radical (unpaired) electrons. The van der Waals surface area contributed by atoms with Crippen LogP contribution in [0.25, 0.3) is 0 Å². The smallest absolute Gasteiger partial charge is 0.410 e. The summed E-state index contributed by atoms with van der Waals surface area (Å²) in [4.78, 5) is 33.4. The van der Waals surface area contributed by atoms with Gasteiger partial charge < -0.3 is 15.0 Å². The third kappa shape index (κ3) is 6.33. The van der Waals surface area contributed by atoms with Crippen LogP contribution in [0.4, 0.5) is 10.5 Å². The summed E-state index contributed by atoms with van der Waals surface area (Å²) in [5.74, 6) is -0.267. The molecule has 8 nitrogen and oxygen atoms in total. The number of hydrogen-bond donors (Lipinski definition) is 1. The second-order valence-electron chi connectivity index (χ2n) is 9.82. The number of rotatable bonds is 4. The summed E-state index contributed by atoms with van der Waals surface area (Å²) in [6.07, 6.45) is 1.25. The predicted octanol–water partition coefficient (Wildman–Crippen LogP) is 4.26. The van der Waals surface area contributed by atoms with Gasteiger partial charge in [0.2, 0.25) is 0 Å². The molecule has 1 aliphatic rings. The number of pyridine rings is 1. The highest BCUT2D eigenvalue weighted by molar-refractivity contribution is 6.04.